The molecule has 0 aliphatic heterocycles. The molecule has 0 rings (SSSR count). The Labute approximate surface area is 97.7 Å². The number of carbonyl (C=O) groups excluding carboxylic acids is 1. The van der Waals surface area contributed by atoms with E-state index in [9.17, 15) is 9.90 Å². The first-order valence-electron chi connectivity index (χ1n) is 5.59. The first-order valence-corrected chi connectivity index (χ1v) is 5.59. The summed E-state index contributed by atoms with van der Waals surface area (Å²) in [5.74, 6) is 0. The molecule has 94 valence electrons. The van der Waals surface area contributed by atoms with Crippen LogP contribution < -0.4 is 5.32 Å². The Morgan fingerprint density at radius 2 is 2.06 bits per heavy atom. The van der Waals surface area contributed by atoms with E-state index in [1.54, 1.807) is 20.8 Å². The maximum absolute atomic E-state index is 11.5. The van der Waals surface area contributed by atoms with Crippen molar-refractivity contribution in [1.82, 2.24) is 5.32 Å². The third-order valence-corrected chi connectivity index (χ3v) is 2.10. The quantitative estimate of drug-likeness (QED) is 0.727. The van der Waals surface area contributed by atoms with E-state index >= 15 is 0 Å². The van der Waals surface area contributed by atoms with E-state index in [1.807, 2.05) is 19.9 Å². The summed E-state index contributed by atoms with van der Waals surface area (Å²) in [6.45, 7) is 9.16. The molecule has 0 saturated heterocycles. The van der Waals surface area contributed by atoms with E-state index in [1.165, 1.54) is 0 Å². The number of hydrogen-bond donors (Lipinski definition) is 2. The Morgan fingerprint density at radius 1 is 1.50 bits per heavy atom. The largest absolute Gasteiger partial charge is 0.444 e. The monoisotopic (exact) mass is 229 g/mol. The van der Waals surface area contributed by atoms with Crippen LogP contribution in [0.3, 0.4) is 0 Å². The molecule has 4 nitrogen and oxygen atoms in total. The van der Waals surface area contributed by atoms with Gasteiger partial charge in [-0.2, -0.15) is 0 Å². The lowest BCUT2D eigenvalue weighted by Crippen LogP contribution is -2.42. The van der Waals surface area contributed by atoms with Gasteiger partial charge in [0, 0.05) is 0 Å². The van der Waals surface area contributed by atoms with Crippen molar-refractivity contribution in [2.45, 2.75) is 52.7 Å². The van der Waals surface area contributed by atoms with Gasteiger partial charge in [-0.15, -0.1) is 0 Å². The molecule has 2 N–H and O–H groups in total. The Bertz CT molecular complexity index is 253. The van der Waals surface area contributed by atoms with Crippen LogP contribution in [0.4, 0.5) is 4.79 Å². The van der Waals surface area contributed by atoms with E-state index in [0.29, 0.717) is 0 Å². The molecule has 0 heterocycles. The number of alkyl carbamates (subject to hydrolysis) is 1. The minimum absolute atomic E-state index is 0.118. The summed E-state index contributed by atoms with van der Waals surface area (Å²) >= 11 is 0. The fourth-order valence-electron chi connectivity index (χ4n) is 1.36. The van der Waals surface area contributed by atoms with Crippen LogP contribution >= 0.6 is 0 Å². The highest BCUT2D eigenvalue weighted by Gasteiger charge is 2.20. The molecule has 0 aromatic heterocycles. The van der Waals surface area contributed by atoms with Gasteiger partial charge in [0.1, 0.15) is 5.60 Å². The number of ether oxygens (including phenoxy) is 1. The number of amides is 1. The number of rotatable bonds is 4. The molecule has 0 aliphatic carbocycles. The van der Waals surface area contributed by atoms with Crippen molar-refractivity contribution in [3.63, 3.8) is 0 Å². The zero-order valence-corrected chi connectivity index (χ0v) is 10.8. The maximum Gasteiger partial charge on any atom is 0.408 e. The van der Waals surface area contributed by atoms with Crippen LogP contribution in [0.5, 0.6) is 0 Å². The Hall–Kier alpha value is -1.03. The summed E-state index contributed by atoms with van der Waals surface area (Å²) in [6, 6.07) is -0.357. The lowest BCUT2D eigenvalue weighted by atomic mass is 10.1. The van der Waals surface area contributed by atoms with Crippen LogP contribution in [0.1, 0.15) is 41.0 Å². The predicted octanol–water partition coefficient (Wildman–Crippen LogP) is 2.23. The fraction of sp³-hybridized carbons (Fsp3) is 0.750. The number of aliphatic hydroxyl groups is 1. The molecule has 16 heavy (non-hydrogen) atoms. The summed E-state index contributed by atoms with van der Waals surface area (Å²) in [7, 11) is 0. The highest BCUT2D eigenvalue weighted by atomic mass is 16.6. The van der Waals surface area contributed by atoms with Gasteiger partial charge < -0.3 is 15.2 Å². The van der Waals surface area contributed by atoms with Gasteiger partial charge in [0.05, 0.1) is 12.6 Å². The Morgan fingerprint density at radius 3 is 2.38 bits per heavy atom. The SMILES string of the molecule is C/C=C(\CC)C(CO)NC(=O)OC(C)(C)C. The van der Waals surface area contributed by atoms with Crippen LogP contribution in [0, 0.1) is 0 Å². The molecule has 1 amide bonds. The second kappa shape index (κ2) is 6.53. The topological polar surface area (TPSA) is 58.6 Å². The van der Waals surface area contributed by atoms with Gasteiger partial charge in [-0.25, -0.2) is 4.79 Å². The predicted molar refractivity (Wildman–Crippen MR) is 64.3 cm³/mol. The van der Waals surface area contributed by atoms with E-state index in [0.717, 1.165) is 12.0 Å². The zero-order chi connectivity index (χ0) is 12.8. The molecule has 0 fully saturated rings. The third kappa shape index (κ3) is 5.75. The maximum atomic E-state index is 11.5. The summed E-state index contributed by atoms with van der Waals surface area (Å²) in [5, 5.41) is 11.8. The van der Waals surface area contributed by atoms with E-state index < -0.39 is 11.7 Å². The van der Waals surface area contributed by atoms with Gasteiger partial charge in [0.2, 0.25) is 0 Å². The molecule has 4 heteroatoms. The van der Waals surface area contributed by atoms with Gasteiger partial charge in [-0.3, -0.25) is 0 Å². The molecule has 0 saturated carbocycles. The van der Waals surface area contributed by atoms with Crippen molar-refractivity contribution in [3.05, 3.63) is 11.6 Å². The summed E-state index contributed by atoms with van der Waals surface area (Å²) in [5.41, 5.74) is 0.472. The lowest BCUT2D eigenvalue weighted by molar-refractivity contribution is 0.0493. The highest BCUT2D eigenvalue weighted by molar-refractivity contribution is 5.68. The van der Waals surface area contributed by atoms with E-state index in [-0.39, 0.29) is 12.6 Å². The van der Waals surface area contributed by atoms with Gasteiger partial charge in [-0.1, -0.05) is 18.6 Å². The van der Waals surface area contributed by atoms with Crippen molar-refractivity contribution in [2.24, 2.45) is 0 Å². The molecule has 0 aromatic rings. The van der Waals surface area contributed by atoms with Crippen molar-refractivity contribution in [3.8, 4) is 0 Å². The van der Waals surface area contributed by atoms with Crippen LogP contribution in [0.2, 0.25) is 0 Å². The molecular formula is C12H23NO3. The van der Waals surface area contributed by atoms with Gasteiger partial charge in [-0.05, 0) is 34.1 Å². The number of nitrogens with one attached hydrogen (secondary N) is 1. The number of aliphatic hydroxyl groups excluding tert-OH is 1. The molecule has 1 atom stereocenters. The van der Waals surface area contributed by atoms with Gasteiger partial charge in [0.15, 0.2) is 0 Å². The lowest BCUT2D eigenvalue weighted by Gasteiger charge is -2.23. The average molecular weight is 229 g/mol. The minimum Gasteiger partial charge on any atom is -0.444 e. The van der Waals surface area contributed by atoms with Crippen LogP contribution in [-0.4, -0.2) is 29.4 Å². The molecular weight excluding hydrogens is 206 g/mol. The first-order chi connectivity index (χ1) is 7.34. The van der Waals surface area contributed by atoms with Crippen molar-refractivity contribution < 1.29 is 14.6 Å². The Balaban J connectivity index is 4.39. The molecule has 0 spiro atoms. The average Bonchev–Trinajstić information content (AvgIpc) is 2.15. The summed E-state index contributed by atoms with van der Waals surface area (Å²) in [6.07, 6.45) is 2.19. The highest BCUT2D eigenvalue weighted by Crippen LogP contribution is 2.10. The molecule has 0 aromatic carbocycles. The molecule has 0 bridgehead atoms. The number of allylic oxidation sites excluding steroid dienone is 1. The molecule has 0 radical (unpaired) electrons. The summed E-state index contributed by atoms with van der Waals surface area (Å²) < 4.78 is 5.12. The van der Waals surface area contributed by atoms with E-state index in [2.05, 4.69) is 5.32 Å². The van der Waals surface area contributed by atoms with Crippen LogP contribution in [0.25, 0.3) is 0 Å². The molecule has 0 aliphatic rings. The standard InChI is InChI=1S/C12H23NO3/c1-6-9(7-2)10(8-14)13-11(15)16-12(3,4)5/h6,10,14H,7-8H2,1-5H3,(H,13,15)/b9-6+. The molecule has 1 unspecified atom stereocenters. The van der Waals surface area contributed by atoms with Crippen molar-refractivity contribution in [1.29, 1.82) is 0 Å². The second-order valence-corrected chi connectivity index (χ2v) is 4.60. The van der Waals surface area contributed by atoms with Gasteiger partial charge in [0.25, 0.3) is 0 Å². The Kier molecular flexibility index (Phi) is 6.11. The van der Waals surface area contributed by atoms with Crippen molar-refractivity contribution in [2.75, 3.05) is 6.61 Å². The fourth-order valence-corrected chi connectivity index (χ4v) is 1.36. The van der Waals surface area contributed by atoms with Crippen LogP contribution in [0.15, 0.2) is 11.6 Å². The first kappa shape index (κ1) is 15.0. The third-order valence-electron chi connectivity index (χ3n) is 2.10. The summed E-state index contributed by atoms with van der Waals surface area (Å²) in [4.78, 5) is 11.5. The zero-order valence-electron chi connectivity index (χ0n) is 10.8. The number of hydrogen-bond acceptors (Lipinski definition) is 3. The second-order valence-electron chi connectivity index (χ2n) is 4.60. The smallest absolute Gasteiger partial charge is 0.408 e. The number of carbonyl (C=O) groups is 1. The van der Waals surface area contributed by atoms with Crippen molar-refractivity contribution >= 4 is 6.09 Å². The normalized spacial score (nSPS) is 14.5. The van der Waals surface area contributed by atoms with E-state index in [4.69, 9.17) is 4.74 Å². The van der Waals surface area contributed by atoms with Crippen LogP contribution in [-0.2, 0) is 4.74 Å². The van der Waals surface area contributed by atoms with Gasteiger partial charge >= 0.3 is 6.09 Å². The minimum atomic E-state index is -0.521.